The van der Waals surface area contributed by atoms with E-state index in [1.54, 1.807) is 6.20 Å². The summed E-state index contributed by atoms with van der Waals surface area (Å²) in [7, 11) is 0. The molecule has 0 radical (unpaired) electrons. The number of aromatic nitrogens is 1. The lowest BCUT2D eigenvalue weighted by Crippen LogP contribution is -1.73. The average molecular weight is 149 g/mol. The van der Waals surface area contributed by atoms with E-state index in [-0.39, 0.29) is 0 Å². The predicted molar refractivity (Wildman–Crippen MR) is 45.0 cm³/mol. The third kappa shape index (κ3) is 1.80. The van der Waals surface area contributed by atoms with Gasteiger partial charge in [0.1, 0.15) is 0 Å². The lowest BCUT2D eigenvalue weighted by molar-refractivity contribution is 0.545. The van der Waals surface area contributed by atoms with Crippen molar-refractivity contribution in [3.8, 4) is 0 Å². The van der Waals surface area contributed by atoms with Crippen molar-refractivity contribution < 1.29 is 4.42 Å². The topological polar surface area (TPSA) is 26.0 Å². The largest absolute Gasteiger partial charge is 0.444 e. The molecule has 0 saturated carbocycles. The Morgan fingerprint density at radius 1 is 1.55 bits per heavy atom. The summed E-state index contributed by atoms with van der Waals surface area (Å²) in [5, 5.41) is 0. The fourth-order valence-corrected chi connectivity index (χ4v) is 0.859. The summed E-state index contributed by atoms with van der Waals surface area (Å²) in [4.78, 5) is 3.83. The molecule has 0 aliphatic heterocycles. The third-order valence-electron chi connectivity index (χ3n) is 1.37. The minimum Gasteiger partial charge on any atom is -0.444 e. The molecule has 2 heteroatoms. The van der Waals surface area contributed by atoms with Crippen LogP contribution in [0, 0.1) is 0 Å². The maximum absolute atomic E-state index is 5.11. The normalized spacial score (nSPS) is 12.7. The van der Waals surface area contributed by atoms with E-state index < -0.39 is 0 Å². The molecule has 11 heavy (non-hydrogen) atoms. The van der Waals surface area contributed by atoms with Gasteiger partial charge in [0, 0.05) is 5.57 Å². The van der Waals surface area contributed by atoms with Crippen molar-refractivity contribution in [2.45, 2.75) is 13.8 Å². The van der Waals surface area contributed by atoms with Crippen LogP contribution in [-0.2, 0) is 0 Å². The smallest absolute Gasteiger partial charge is 0.181 e. The lowest BCUT2D eigenvalue weighted by Gasteiger charge is -1.92. The van der Waals surface area contributed by atoms with Crippen LogP contribution in [0.15, 0.2) is 35.2 Å². The molecule has 1 aromatic rings. The highest BCUT2D eigenvalue weighted by Crippen LogP contribution is 2.13. The third-order valence-corrected chi connectivity index (χ3v) is 1.37. The summed E-state index contributed by atoms with van der Waals surface area (Å²) in [6.45, 7) is 3.94. The van der Waals surface area contributed by atoms with Gasteiger partial charge in [0.15, 0.2) is 12.2 Å². The van der Waals surface area contributed by atoms with Crippen molar-refractivity contribution in [3.05, 3.63) is 36.6 Å². The molecule has 0 aliphatic rings. The molecule has 0 aliphatic carbocycles. The standard InChI is InChI=1S/C9H11NO/c1-3-5-8(4-2)9-6-10-7-11-9/h3-7H,1-2H3. The molecule has 0 N–H and O–H groups in total. The highest BCUT2D eigenvalue weighted by Gasteiger charge is 1.97. The Balaban J connectivity index is 2.89. The molecule has 0 fully saturated rings. The van der Waals surface area contributed by atoms with Gasteiger partial charge in [0.2, 0.25) is 0 Å². The Bertz CT molecular complexity index is 257. The van der Waals surface area contributed by atoms with Gasteiger partial charge < -0.3 is 4.42 Å². The second-order valence-corrected chi connectivity index (χ2v) is 2.11. The van der Waals surface area contributed by atoms with E-state index >= 15 is 0 Å². The first-order chi connectivity index (χ1) is 5.38. The number of allylic oxidation sites excluding steroid dienone is 4. The van der Waals surface area contributed by atoms with Gasteiger partial charge in [-0.1, -0.05) is 18.2 Å². The highest BCUT2D eigenvalue weighted by atomic mass is 16.3. The molecular weight excluding hydrogens is 138 g/mol. The Morgan fingerprint density at radius 2 is 2.36 bits per heavy atom. The fourth-order valence-electron chi connectivity index (χ4n) is 0.859. The zero-order chi connectivity index (χ0) is 8.10. The van der Waals surface area contributed by atoms with E-state index in [2.05, 4.69) is 4.98 Å². The van der Waals surface area contributed by atoms with E-state index in [1.165, 1.54) is 6.39 Å². The number of hydrogen-bond acceptors (Lipinski definition) is 2. The summed E-state index contributed by atoms with van der Waals surface area (Å²) < 4.78 is 5.11. The number of hydrogen-bond donors (Lipinski definition) is 0. The minimum absolute atomic E-state index is 0.811. The maximum Gasteiger partial charge on any atom is 0.181 e. The van der Waals surface area contributed by atoms with Gasteiger partial charge in [-0.25, -0.2) is 4.98 Å². The molecule has 0 amide bonds. The van der Waals surface area contributed by atoms with Gasteiger partial charge in [-0.15, -0.1) is 0 Å². The van der Waals surface area contributed by atoms with Crippen LogP contribution in [0.2, 0.25) is 0 Å². The van der Waals surface area contributed by atoms with Crippen LogP contribution in [0.1, 0.15) is 19.6 Å². The minimum atomic E-state index is 0.811. The van der Waals surface area contributed by atoms with Crippen LogP contribution in [0.5, 0.6) is 0 Å². The summed E-state index contributed by atoms with van der Waals surface area (Å²) in [5.41, 5.74) is 1.06. The van der Waals surface area contributed by atoms with Crippen molar-refractivity contribution in [2.24, 2.45) is 0 Å². The molecule has 0 spiro atoms. The lowest BCUT2D eigenvalue weighted by atomic mass is 10.2. The zero-order valence-electron chi connectivity index (χ0n) is 6.74. The summed E-state index contributed by atoms with van der Waals surface area (Å²) >= 11 is 0. The van der Waals surface area contributed by atoms with E-state index in [0.717, 1.165) is 11.3 Å². The molecule has 0 saturated heterocycles. The molecule has 0 unspecified atom stereocenters. The van der Waals surface area contributed by atoms with Crippen LogP contribution in [0.3, 0.4) is 0 Å². The van der Waals surface area contributed by atoms with E-state index in [9.17, 15) is 0 Å². The number of oxazole rings is 1. The van der Waals surface area contributed by atoms with Crippen molar-refractivity contribution in [2.75, 3.05) is 0 Å². The van der Waals surface area contributed by atoms with Crippen molar-refractivity contribution in [1.82, 2.24) is 4.98 Å². The first-order valence-corrected chi connectivity index (χ1v) is 3.56. The van der Waals surface area contributed by atoms with Gasteiger partial charge in [-0.2, -0.15) is 0 Å². The molecule has 0 aromatic carbocycles. The maximum atomic E-state index is 5.11. The van der Waals surface area contributed by atoms with Crippen LogP contribution >= 0.6 is 0 Å². The highest BCUT2D eigenvalue weighted by molar-refractivity contribution is 5.69. The number of rotatable bonds is 2. The van der Waals surface area contributed by atoms with Crippen LogP contribution < -0.4 is 0 Å². The van der Waals surface area contributed by atoms with Crippen LogP contribution in [-0.4, -0.2) is 4.98 Å². The van der Waals surface area contributed by atoms with Gasteiger partial charge in [0.25, 0.3) is 0 Å². The molecule has 2 nitrogen and oxygen atoms in total. The molecule has 58 valence electrons. The average Bonchev–Trinajstić information content (AvgIpc) is 2.52. The molecule has 0 bridgehead atoms. The SMILES string of the molecule is CC=CC(=CC)c1cnco1. The Hall–Kier alpha value is -1.31. The Morgan fingerprint density at radius 3 is 2.82 bits per heavy atom. The fraction of sp³-hybridized carbons (Fsp3) is 0.222. The van der Waals surface area contributed by atoms with Gasteiger partial charge in [-0.3, -0.25) is 0 Å². The summed E-state index contributed by atoms with van der Waals surface area (Å²) in [6.07, 6.45) is 9.08. The first kappa shape index (κ1) is 7.79. The van der Waals surface area contributed by atoms with E-state index in [0.29, 0.717) is 0 Å². The second kappa shape index (κ2) is 3.76. The molecule has 1 rings (SSSR count). The zero-order valence-corrected chi connectivity index (χ0v) is 6.74. The molecule has 1 aromatic heterocycles. The monoisotopic (exact) mass is 149 g/mol. The van der Waals surface area contributed by atoms with Crippen LogP contribution in [0.4, 0.5) is 0 Å². The van der Waals surface area contributed by atoms with Crippen LogP contribution in [0.25, 0.3) is 5.57 Å². The first-order valence-electron chi connectivity index (χ1n) is 3.56. The Kier molecular flexibility index (Phi) is 2.66. The molecule has 1 heterocycles. The quantitative estimate of drug-likeness (QED) is 0.604. The van der Waals surface area contributed by atoms with Crippen molar-refractivity contribution in [3.63, 3.8) is 0 Å². The second-order valence-electron chi connectivity index (χ2n) is 2.11. The predicted octanol–water partition coefficient (Wildman–Crippen LogP) is 2.65. The van der Waals surface area contributed by atoms with Crippen molar-refractivity contribution >= 4 is 5.57 Å². The van der Waals surface area contributed by atoms with E-state index in [1.807, 2.05) is 32.1 Å². The van der Waals surface area contributed by atoms with Gasteiger partial charge in [-0.05, 0) is 13.8 Å². The Labute approximate surface area is 66.3 Å². The van der Waals surface area contributed by atoms with E-state index in [4.69, 9.17) is 4.42 Å². The van der Waals surface area contributed by atoms with Gasteiger partial charge in [0.05, 0.1) is 6.20 Å². The summed E-state index contributed by atoms with van der Waals surface area (Å²) in [6, 6.07) is 0. The molecular formula is C9H11NO. The summed E-state index contributed by atoms with van der Waals surface area (Å²) in [5.74, 6) is 0.811. The van der Waals surface area contributed by atoms with Crippen molar-refractivity contribution in [1.29, 1.82) is 0 Å². The van der Waals surface area contributed by atoms with Gasteiger partial charge >= 0.3 is 0 Å². The molecule has 0 atom stereocenters. The number of nitrogens with zero attached hydrogens (tertiary/aromatic N) is 1.